The van der Waals surface area contributed by atoms with Crippen LogP contribution >= 0.6 is 11.8 Å². The minimum absolute atomic E-state index is 0.0247. The second kappa shape index (κ2) is 8.84. The van der Waals surface area contributed by atoms with Crippen molar-refractivity contribution in [2.24, 2.45) is 12.8 Å². The number of hydrogen-bond acceptors (Lipinski definition) is 5. The van der Waals surface area contributed by atoms with Crippen LogP contribution in [-0.2, 0) is 29.6 Å². The van der Waals surface area contributed by atoms with E-state index in [0.29, 0.717) is 23.9 Å². The van der Waals surface area contributed by atoms with E-state index in [1.54, 1.807) is 16.5 Å². The first kappa shape index (κ1) is 20.0. The highest BCUT2D eigenvalue weighted by Gasteiger charge is 2.15. The van der Waals surface area contributed by atoms with Crippen molar-refractivity contribution in [3.63, 3.8) is 0 Å². The number of hydrogen-bond donors (Lipinski definition) is 1. The number of benzene rings is 1. The van der Waals surface area contributed by atoms with Gasteiger partial charge >= 0.3 is 0 Å². The average Bonchev–Trinajstić information content (AvgIpc) is 2.93. The van der Waals surface area contributed by atoms with Crippen LogP contribution in [0.4, 0.5) is 0 Å². The van der Waals surface area contributed by atoms with E-state index in [2.05, 4.69) is 42.2 Å². The fourth-order valence-electron chi connectivity index (χ4n) is 2.53. The molecule has 8 heteroatoms. The second-order valence-corrected chi connectivity index (χ2v) is 7.34. The lowest BCUT2D eigenvalue weighted by molar-refractivity contribution is -0.127. The number of nitrogens with two attached hydrogens (primary N) is 1. The first-order chi connectivity index (χ1) is 12.3. The van der Waals surface area contributed by atoms with Crippen molar-refractivity contribution in [2.45, 2.75) is 38.4 Å². The van der Waals surface area contributed by atoms with Crippen LogP contribution in [-0.4, -0.2) is 44.3 Å². The topological polar surface area (TPSA) is 94.1 Å². The molecular formula is C18H25N5O2S. The number of aromatic nitrogens is 3. The van der Waals surface area contributed by atoms with Gasteiger partial charge in [0.15, 0.2) is 5.16 Å². The van der Waals surface area contributed by atoms with E-state index in [-0.39, 0.29) is 24.0 Å². The van der Waals surface area contributed by atoms with Crippen LogP contribution in [0.25, 0.3) is 0 Å². The molecule has 0 aliphatic carbocycles. The molecule has 0 aliphatic rings. The third-order valence-corrected chi connectivity index (χ3v) is 5.18. The van der Waals surface area contributed by atoms with Crippen LogP contribution in [0.2, 0.25) is 0 Å². The molecule has 2 N–H and O–H groups in total. The smallest absolute Gasteiger partial charge is 0.233 e. The zero-order valence-corrected chi connectivity index (χ0v) is 16.5. The van der Waals surface area contributed by atoms with Crippen molar-refractivity contribution in [1.82, 2.24) is 19.7 Å². The van der Waals surface area contributed by atoms with Crippen molar-refractivity contribution in [3.8, 4) is 0 Å². The number of carbonyl (C=O) groups excluding carboxylic acids is 2. The van der Waals surface area contributed by atoms with Gasteiger partial charge in [-0.15, -0.1) is 10.2 Å². The van der Waals surface area contributed by atoms with E-state index >= 15 is 0 Å². The minimum Gasteiger partial charge on any atom is -0.370 e. The standard InChI is InChI=1S/C18H25N5O2S/c1-12-5-6-14(13(2)9-12)10-22(3)17(25)11-26-18-21-20-16(23(18)4)8-7-15(19)24/h5-6,9H,7-8,10-11H2,1-4H3,(H2,19,24). The predicted octanol–water partition coefficient (Wildman–Crippen LogP) is 1.60. The number of thioether (sulfide) groups is 1. The number of nitrogens with zero attached hydrogens (tertiary/aromatic N) is 4. The zero-order valence-electron chi connectivity index (χ0n) is 15.7. The molecule has 0 unspecified atom stereocenters. The number of primary amides is 1. The molecule has 2 aromatic rings. The molecule has 7 nitrogen and oxygen atoms in total. The Morgan fingerprint density at radius 3 is 2.65 bits per heavy atom. The number of carbonyl (C=O) groups is 2. The maximum Gasteiger partial charge on any atom is 0.233 e. The van der Waals surface area contributed by atoms with Crippen molar-refractivity contribution in [3.05, 3.63) is 40.7 Å². The van der Waals surface area contributed by atoms with Gasteiger partial charge in [0.1, 0.15) is 5.82 Å². The quantitative estimate of drug-likeness (QED) is 0.707. The Balaban J connectivity index is 1.90. The van der Waals surface area contributed by atoms with Crippen molar-refractivity contribution < 1.29 is 9.59 Å². The summed E-state index contributed by atoms with van der Waals surface area (Å²) in [6.07, 6.45) is 0.675. The third kappa shape index (κ3) is 5.32. The molecular weight excluding hydrogens is 350 g/mol. The van der Waals surface area contributed by atoms with Gasteiger partial charge in [-0.3, -0.25) is 9.59 Å². The van der Waals surface area contributed by atoms with Crippen LogP contribution in [0, 0.1) is 13.8 Å². The summed E-state index contributed by atoms with van der Waals surface area (Å²) in [5, 5.41) is 8.79. The summed E-state index contributed by atoms with van der Waals surface area (Å²) in [6.45, 7) is 4.69. The SMILES string of the molecule is Cc1ccc(CN(C)C(=O)CSc2nnc(CCC(N)=O)n2C)c(C)c1. The fraction of sp³-hybridized carbons (Fsp3) is 0.444. The van der Waals surface area contributed by atoms with Crippen molar-refractivity contribution >= 4 is 23.6 Å². The molecule has 0 atom stereocenters. The molecule has 0 saturated carbocycles. The van der Waals surface area contributed by atoms with Gasteiger partial charge in [0.25, 0.3) is 0 Å². The zero-order chi connectivity index (χ0) is 19.3. The molecule has 1 aromatic carbocycles. The molecule has 1 heterocycles. The lowest BCUT2D eigenvalue weighted by atomic mass is 10.1. The molecule has 0 radical (unpaired) electrons. The summed E-state index contributed by atoms with van der Waals surface area (Å²) in [5.74, 6) is 0.618. The number of aryl methyl sites for hydroxylation is 3. The highest BCUT2D eigenvalue weighted by atomic mass is 32.2. The maximum atomic E-state index is 12.4. The van der Waals surface area contributed by atoms with Gasteiger partial charge in [0.05, 0.1) is 5.75 Å². The molecule has 0 bridgehead atoms. The van der Waals surface area contributed by atoms with Gasteiger partial charge in [-0.25, -0.2) is 0 Å². The number of rotatable bonds is 8. The second-order valence-electron chi connectivity index (χ2n) is 6.39. The Labute approximate surface area is 158 Å². The molecule has 2 amide bonds. The fourth-order valence-corrected chi connectivity index (χ4v) is 3.40. The summed E-state index contributed by atoms with van der Waals surface area (Å²) < 4.78 is 1.80. The summed E-state index contributed by atoms with van der Waals surface area (Å²) in [5.41, 5.74) is 8.70. The maximum absolute atomic E-state index is 12.4. The predicted molar refractivity (Wildman–Crippen MR) is 102 cm³/mol. The van der Waals surface area contributed by atoms with Crippen LogP contribution < -0.4 is 5.73 Å². The van der Waals surface area contributed by atoms with Crippen LogP contribution in [0.3, 0.4) is 0 Å². The third-order valence-electron chi connectivity index (χ3n) is 4.18. The molecule has 0 spiro atoms. The average molecular weight is 375 g/mol. The van der Waals surface area contributed by atoms with E-state index in [1.807, 2.05) is 7.05 Å². The molecule has 0 aliphatic heterocycles. The summed E-state index contributed by atoms with van der Waals surface area (Å²) >= 11 is 1.34. The lowest BCUT2D eigenvalue weighted by Gasteiger charge is -2.18. The minimum atomic E-state index is -0.370. The van der Waals surface area contributed by atoms with Crippen LogP contribution in [0.15, 0.2) is 23.4 Å². The van der Waals surface area contributed by atoms with Gasteiger partial charge < -0.3 is 15.2 Å². The first-order valence-electron chi connectivity index (χ1n) is 8.37. The van der Waals surface area contributed by atoms with Gasteiger partial charge in [0, 0.05) is 33.5 Å². The molecule has 0 fully saturated rings. The highest BCUT2D eigenvalue weighted by Crippen LogP contribution is 2.18. The monoisotopic (exact) mass is 375 g/mol. The summed E-state index contributed by atoms with van der Waals surface area (Å²) in [6, 6.07) is 6.24. The Morgan fingerprint density at radius 1 is 1.27 bits per heavy atom. The Hall–Kier alpha value is -2.35. The van der Waals surface area contributed by atoms with E-state index in [1.165, 1.54) is 22.9 Å². The van der Waals surface area contributed by atoms with E-state index in [4.69, 9.17) is 5.73 Å². The van der Waals surface area contributed by atoms with Crippen molar-refractivity contribution in [1.29, 1.82) is 0 Å². The van der Waals surface area contributed by atoms with Gasteiger partial charge in [0.2, 0.25) is 11.8 Å². The van der Waals surface area contributed by atoms with Gasteiger partial charge in [-0.05, 0) is 25.0 Å². The van der Waals surface area contributed by atoms with Gasteiger partial charge in [-0.1, -0.05) is 35.5 Å². The lowest BCUT2D eigenvalue weighted by Crippen LogP contribution is -2.28. The van der Waals surface area contributed by atoms with E-state index < -0.39 is 0 Å². The highest BCUT2D eigenvalue weighted by molar-refractivity contribution is 7.99. The van der Waals surface area contributed by atoms with Crippen molar-refractivity contribution in [2.75, 3.05) is 12.8 Å². The Bertz CT molecular complexity index is 803. The van der Waals surface area contributed by atoms with Gasteiger partial charge in [-0.2, -0.15) is 0 Å². The molecule has 0 saturated heterocycles. The molecule has 1 aromatic heterocycles. The molecule has 26 heavy (non-hydrogen) atoms. The Morgan fingerprint density at radius 2 is 2.00 bits per heavy atom. The normalized spacial score (nSPS) is 10.8. The first-order valence-corrected chi connectivity index (χ1v) is 9.36. The van der Waals surface area contributed by atoms with E-state index in [0.717, 1.165) is 5.56 Å². The molecule has 2 rings (SSSR count). The van der Waals surface area contributed by atoms with E-state index in [9.17, 15) is 9.59 Å². The van der Waals surface area contributed by atoms with Crippen LogP contribution in [0.1, 0.15) is 28.9 Å². The largest absolute Gasteiger partial charge is 0.370 e. The number of amides is 2. The summed E-state index contributed by atoms with van der Waals surface area (Å²) in [7, 11) is 3.62. The van der Waals surface area contributed by atoms with Crippen LogP contribution in [0.5, 0.6) is 0 Å². The summed E-state index contributed by atoms with van der Waals surface area (Å²) in [4.78, 5) is 25.0. The molecule has 140 valence electrons. The Kier molecular flexibility index (Phi) is 6.79.